The Morgan fingerprint density at radius 3 is 1.60 bits per heavy atom. The normalized spacial score (nSPS) is 10.3. The van der Waals surface area contributed by atoms with E-state index in [1.807, 2.05) is 29.1 Å². The number of aryl methyl sites for hydroxylation is 1. The van der Waals surface area contributed by atoms with E-state index < -0.39 is 0 Å². The average molecular weight is 607 g/mol. The first-order valence-corrected chi connectivity index (χ1v) is 16.6. The zero-order valence-electron chi connectivity index (χ0n) is 20.8. The van der Waals surface area contributed by atoms with Gasteiger partial charge in [0.1, 0.15) is 0 Å². The van der Waals surface area contributed by atoms with Crippen molar-refractivity contribution in [3.63, 3.8) is 0 Å². The molecule has 0 aromatic heterocycles. The van der Waals surface area contributed by atoms with Gasteiger partial charge in [0.15, 0.2) is 0 Å². The second-order valence-corrected chi connectivity index (χ2v) is 11.9. The molecule has 0 saturated carbocycles. The molecule has 0 aliphatic rings. The third-order valence-corrected chi connectivity index (χ3v) is 9.12. The number of hydrogen-bond acceptors (Lipinski definition) is 1. The molecule has 35 heavy (non-hydrogen) atoms. The van der Waals surface area contributed by atoms with Gasteiger partial charge in [-0.25, -0.2) is 0 Å². The molecule has 0 atom stereocenters. The minimum Gasteiger partial charge on any atom is -0.126 e. The van der Waals surface area contributed by atoms with Crippen molar-refractivity contribution in [2.24, 2.45) is 0 Å². The number of hydrogen-bond donors (Lipinski definition) is 0. The first-order chi connectivity index (χ1) is 17.1. The van der Waals surface area contributed by atoms with Crippen LogP contribution in [0, 0.1) is 6.92 Å². The molecule has 184 valence electrons. The summed E-state index contributed by atoms with van der Waals surface area (Å²) in [5.41, 5.74) is 2.76. The van der Waals surface area contributed by atoms with Gasteiger partial charge in [0.25, 0.3) is 0 Å². The molecule has 4 aromatic carbocycles. The molecule has 0 aliphatic heterocycles. The number of rotatable bonds is 8. The Hall–Kier alpha value is -1.43. The molecule has 4 rings (SSSR count). The van der Waals surface area contributed by atoms with Crippen molar-refractivity contribution in [3.8, 4) is 0 Å². The quantitative estimate of drug-likeness (QED) is 0.0834. The van der Waals surface area contributed by atoms with Crippen molar-refractivity contribution in [3.05, 3.63) is 126 Å². The smallest absolute Gasteiger partial charge is 0.00719 e. The predicted octanol–water partition coefficient (Wildman–Crippen LogP) is 9.11. The van der Waals surface area contributed by atoms with Crippen LogP contribution in [0.1, 0.15) is 37.3 Å². The standard InChI is InChI=1S/C21H21PS.C10H14.ClH.Ru/c1-4-11-19(12-5-1)22(20-13-6-2-7-14-20)17-10-18-23-21-15-8-3-9-16-21;1-8(2)10-6-4-9(3)5-7-10;;/h1-9,11-16H,10,17-18H2;4-8H,1-3H3;1H;/q;;;+2/p-1. The maximum atomic E-state index is 4.57. The number of benzene rings is 4. The molecule has 0 radical (unpaired) electrons. The third-order valence-electron chi connectivity index (χ3n) is 5.42. The van der Waals surface area contributed by atoms with Crippen molar-refractivity contribution in [1.29, 1.82) is 0 Å². The van der Waals surface area contributed by atoms with Crippen LogP contribution in [0.4, 0.5) is 0 Å². The molecular weight excluding hydrogens is 572 g/mol. The van der Waals surface area contributed by atoms with E-state index >= 15 is 0 Å². The first-order valence-electron chi connectivity index (χ1n) is 11.9. The molecule has 0 unspecified atom stereocenters. The predicted molar refractivity (Wildman–Crippen MR) is 157 cm³/mol. The topological polar surface area (TPSA) is 0 Å². The van der Waals surface area contributed by atoms with Crippen molar-refractivity contribution >= 4 is 40.0 Å². The van der Waals surface area contributed by atoms with Gasteiger partial charge in [0.05, 0.1) is 0 Å². The summed E-state index contributed by atoms with van der Waals surface area (Å²) in [6.45, 7) is 6.54. The summed E-state index contributed by atoms with van der Waals surface area (Å²) >= 11 is 3.79. The molecule has 0 nitrogen and oxygen atoms in total. The van der Waals surface area contributed by atoms with E-state index in [-0.39, 0.29) is 7.92 Å². The molecule has 0 saturated heterocycles. The van der Waals surface area contributed by atoms with Crippen molar-refractivity contribution in [2.45, 2.75) is 38.0 Å². The summed E-state index contributed by atoms with van der Waals surface area (Å²) in [5, 5.41) is 2.97. The summed E-state index contributed by atoms with van der Waals surface area (Å²) in [4.78, 5) is 1.37. The van der Waals surface area contributed by atoms with Crippen molar-refractivity contribution in [1.82, 2.24) is 0 Å². The fraction of sp³-hybridized carbons (Fsp3) is 0.226. The molecule has 4 heteroatoms. The monoisotopic (exact) mass is 607 g/mol. The van der Waals surface area contributed by atoms with E-state index in [9.17, 15) is 0 Å². The summed E-state index contributed by atoms with van der Waals surface area (Å²) in [6.07, 6.45) is 2.50. The second-order valence-electron chi connectivity index (χ2n) is 8.40. The van der Waals surface area contributed by atoms with Gasteiger partial charge in [-0.15, -0.1) is 11.8 Å². The minimum atomic E-state index is -0.245. The van der Waals surface area contributed by atoms with E-state index in [0.29, 0.717) is 5.92 Å². The molecule has 0 spiro atoms. The van der Waals surface area contributed by atoms with E-state index in [1.165, 1.54) is 45.0 Å². The summed E-state index contributed by atoms with van der Waals surface area (Å²) < 4.78 is 0. The fourth-order valence-corrected chi connectivity index (χ4v) is 6.94. The zero-order valence-corrected chi connectivity index (χ0v) is 25.0. The van der Waals surface area contributed by atoms with Gasteiger partial charge in [-0.05, 0) is 67.4 Å². The molecule has 4 aromatic rings. The molecule has 0 fully saturated rings. The molecule has 0 amide bonds. The maximum Gasteiger partial charge on any atom is 0.00719 e. The van der Waals surface area contributed by atoms with Gasteiger partial charge in [-0.1, -0.05) is 123 Å². The number of thioether (sulfide) groups is 1. The minimum absolute atomic E-state index is 0.245. The maximum absolute atomic E-state index is 4.57. The van der Waals surface area contributed by atoms with Gasteiger partial charge in [-0.2, -0.15) is 0 Å². The van der Waals surface area contributed by atoms with Gasteiger partial charge >= 0.3 is 27.0 Å². The number of halogens is 1. The van der Waals surface area contributed by atoms with E-state index in [2.05, 4.69) is 146 Å². The van der Waals surface area contributed by atoms with Crippen LogP contribution in [-0.4, -0.2) is 11.9 Å². The van der Waals surface area contributed by atoms with Gasteiger partial charge < -0.3 is 0 Å². The van der Waals surface area contributed by atoms with Gasteiger partial charge in [0, 0.05) is 4.90 Å². The Kier molecular flexibility index (Phi) is 15.3. The Bertz CT molecular complexity index is 1000. The van der Waals surface area contributed by atoms with Crippen LogP contribution in [0.25, 0.3) is 0 Å². The molecule has 0 N–H and O–H groups in total. The average Bonchev–Trinajstić information content (AvgIpc) is 2.92. The van der Waals surface area contributed by atoms with Crippen LogP contribution in [-0.2, 0) is 17.3 Å². The summed E-state index contributed by atoms with van der Waals surface area (Å²) in [7, 11) is 4.32. The van der Waals surface area contributed by atoms with Crippen molar-refractivity contribution < 1.29 is 17.3 Å². The zero-order chi connectivity index (χ0) is 25.3. The Balaban J connectivity index is 0.000000302. The molecule has 0 bridgehead atoms. The van der Waals surface area contributed by atoms with Crippen LogP contribution in [0.2, 0.25) is 0 Å². The molecule has 0 heterocycles. The van der Waals surface area contributed by atoms with E-state index in [1.54, 1.807) is 0 Å². The fourth-order valence-electron chi connectivity index (χ4n) is 3.50. The largest absolute Gasteiger partial charge is 0.126 e. The molecule has 0 aliphatic carbocycles. The Morgan fingerprint density at radius 1 is 0.686 bits per heavy atom. The molecular formula is C31H35ClPRuS+. The Labute approximate surface area is 232 Å². The SMILES string of the molecule is Cc1ccc(C(C)C)cc1.[Cl][Ru+].c1ccc(SCCCP(c2ccccc2)c2ccccc2)cc1. The van der Waals surface area contributed by atoms with Crippen LogP contribution in [0.15, 0.2) is 120 Å². The van der Waals surface area contributed by atoms with Gasteiger partial charge in [-0.3, -0.25) is 0 Å². The first kappa shape index (κ1) is 29.8. The third kappa shape index (κ3) is 11.4. The van der Waals surface area contributed by atoms with Crippen LogP contribution in [0.3, 0.4) is 0 Å². The van der Waals surface area contributed by atoms with Crippen LogP contribution in [0.5, 0.6) is 0 Å². The summed E-state index contributed by atoms with van der Waals surface area (Å²) in [5.74, 6) is 1.84. The van der Waals surface area contributed by atoms with Crippen LogP contribution < -0.4 is 10.6 Å². The second kappa shape index (κ2) is 17.9. The van der Waals surface area contributed by atoms with Crippen LogP contribution >= 0.6 is 29.4 Å². The van der Waals surface area contributed by atoms with E-state index in [4.69, 9.17) is 0 Å². The summed E-state index contributed by atoms with van der Waals surface area (Å²) in [6, 6.07) is 41.4. The van der Waals surface area contributed by atoms with Crippen molar-refractivity contribution in [2.75, 3.05) is 11.9 Å². The van der Waals surface area contributed by atoms with Gasteiger partial charge in [0.2, 0.25) is 0 Å². The Morgan fingerprint density at radius 2 is 1.14 bits per heavy atom. The van der Waals surface area contributed by atoms with E-state index in [0.717, 1.165) is 0 Å².